The van der Waals surface area contributed by atoms with Crippen molar-refractivity contribution in [2.24, 2.45) is 0 Å². The third kappa shape index (κ3) is 2.79. The van der Waals surface area contributed by atoms with Crippen LogP contribution < -0.4 is 9.47 Å². The van der Waals surface area contributed by atoms with Gasteiger partial charge in [-0.25, -0.2) is 4.39 Å². The van der Waals surface area contributed by atoms with Crippen molar-refractivity contribution in [3.05, 3.63) is 57.3 Å². The minimum absolute atomic E-state index is 0.268. The van der Waals surface area contributed by atoms with Gasteiger partial charge in [-0.1, -0.05) is 23.2 Å². The van der Waals surface area contributed by atoms with E-state index in [0.717, 1.165) is 0 Å². The van der Waals surface area contributed by atoms with Gasteiger partial charge in [0.15, 0.2) is 11.5 Å². The Morgan fingerprint density at radius 3 is 2.62 bits per heavy atom. The van der Waals surface area contributed by atoms with Crippen LogP contribution in [0.1, 0.15) is 17.2 Å². The summed E-state index contributed by atoms with van der Waals surface area (Å²) in [5, 5.41) is 11.0. The summed E-state index contributed by atoms with van der Waals surface area (Å²) in [6, 6.07) is 7.00. The van der Waals surface area contributed by atoms with Crippen LogP contribution in [0.15, 0.2) is 30.3 Å². The highest BCUT2D eigenvalue weighted by atomic mass is 35.5. The summed E-state index contributed by atoms with van der Waals surface area (Å²) >= 11 is 12.1. The van der Waals surface area contributed by atoms with Crippen LogP contribution in [0.2, 0.25) is 10.0 Å². The minimum atomic E-state index is -1.11. The van der Waals surface area contributed by atoms with E-state index in [4.69, 9.17) is 32.7 Å². The third-order valence-electron chi connectivity index (χ3n) is 3.19. The molecule has 1 aliphatic rings. The highest BCUT2D eigenvalue weighted by molar-refractivity contribution is 6.32. The fraction of sp³-hybridized carbons (Fsp3) is 0.200. The number of rotatable bonds is 2. The summed E-state index contributed by atoms with van der Waals surface area (Å²) in [5.41, 5.74) is 0.723. The molecule has 0 aromatic heterocycles. The van der Waals surface area contributed by atoms with Crippen molar-refractivity contribution in [1.29, 1.82) is 0 Å². The van der Waals surface area contributed by atoms with Gasteiger partial charge in [-0.15, -0.1) is 0 Å². The molecule has 110 valence electrons. The monoisotopic (exact) mass is 328 g/mol. The van der Waals surface area contributed by atoms with Gasteiger partial charge in [0, 0.05) is 10.6 Å². The Morgan fingerprint density at radius 2 is 1.81 bits per heavy atom. The second kappa shape index (κ2) is 5.72. The molecule has 0 bridgehead atoms. The van der Waals surface area contributed by atoms with Gasteiger partial charge >= 0.3 is 0 Å². The van der Waals surface area contributed by atoms with Gasteiger partial charge in [0.05, 0.1) is 5.02 Å². The summed E-state index contributed by atoms with van der Waals surface area (Å²) in [6.45, 7) is 0.827. The molecule has 1 unspecified atom stereocenters. The van der Waals surface area contributed by atoms with Gasteiger partial charge in [0.1, 0.15) is 25.1 Å². The van der Waals surface area contributed by atoms with Crippen LogP contribution in [0.5, 0.6) is 11.5 Å². The predicted octanol–water partition coefficient (Wildman–Crippen LogP) is 3.99. The van der Waals surface area contributed by atoms with Gasteiger partial charge in [-0.3, -0.25) is 0 Å². The van der Waals surface area contributed by atoms with E-state index in [-0.39, 0.29) is 10.6 Å². The second-order valence-electron chi connectivity index (χ2n) is 4.60. The molecule has 3 nitrogen and oxygen atoms in total. The largest absolute Gasteiger partial charge is 0.486 e. The van der Waals surface area contributed by atoms with Gasteiger partial charge in [-0.2, -0.15) is 0 Å². The Balaban J connectivity index is 2.03. The summed E-state index contributed by atoms with van der Waals surface area (Å²) in [4.78, 5) is 0. The Bertz CT molecular complexity index is 691. The third-order valence-corrected chi connectivity index (χ3v) is 3.81. The SMILES string of the molecule is OC(c1cc(Cl)c2c(c1)OCCO2)c1cc(F)ccc1Cl. The van der Waals surface area contributed by atoms with Crippen molar-refractivity contribution < 1.29 is 19.0 Å². The van der Waals surface area contributed by atoms with Crippen molar-refractivity contribution in [2.75, 3.05) is 13.2 Å². The van der Waals surface area contributed by atoms with E-state index in [1.165, 1.54) is 18.2 Å². The molecule has 0 saturated carbocycles. The van der Waals surface area contributed by atoms with Gasteiger partial charge in [0.2, 0.25) is 0 Å². The molecule has 0 spiro atoms. The first-order valence-corrected chi connectivity index (χ1v) is 7.04. The Kier molecular flexibility index (Phi) is 3.93. The van der Waals surface area contributed by atoms with E-state index in [2.05, 4.69) is 0 Å². The molecule has 0 amide bonds. The number of fused-ring (bicyclic) bond motifs is 1. The molecular formula is C15H11Cl2FO3. The number of aliphatic hydroxyl groups excluding tert-OH is 1. The smallest absolute Gasteiger partial charge is 0.179 e. The molecule has 6 heteroatoms. The standard InChI is InChI=1S/C15H11Cl2FO3/c16-11-2-1-9(18)7-10(11)14(19)8-5-12(17)15-13(6-8)20-3-4-21-15/h1-2,5-7,14,19H,3-4H2. The first-order valence-electron chi connectivity index (χ1n) is 6.28. The van der Waals surface area contributed by atoms with Crippen molar-refractivity contribution in [3.8, 4) is 11.5 Å². The zero-order valence-corrected chi connectivity index (χ0v) is 12.3. The fourth-order valence-electron chi connectivity index (χ4n) is 2.19. The van der Waals surface area contributed by atoms with Gasteiger partial charge in [-0.05, 0) is 35.9 Å². The molecule has 3 rings (SSSR count). The highest BCUT2D eigenvalue weighted by Gasteiger charge is 2.21. The summed E-state index contributed by atoms with van der Waals surface area (Å²) < 4.78 is 24.2. The zero-order chi connectivity index (χ0) is 15.0. The first-order chi connectivity index (χ1) is 10.1. The molecule has 0 aliphatic carbocycles. The molecule has 2 aromatic rings. The van der Waals surface area contributed by atoms with E-state index < -0.39 is 11.9 Å². The van der Waals surface area contributed by atoms with Gasteiger partial charge < -0.3 is 14.6 Å². The van der Waals surface area contributed by atoms with E-state index in [0.29, 0.717) is 35.3 Å². The molecular weight excluding hydrogens is 318 g/mol. The number of ether oxygens (including phenoxy) is 2. The Hall–Kier alpha value is -1.49. The molecule has 2 aromatic carbocycles. The zero-order valence-electron chi connectivity index (χ0n) is 10.8. The van der Waals surface area contributed by atoms with Crippen LogP contribution in [0.25, 0.3) is 0 Å². The maximum absolute atomic E-state index is 13.3. The van der Waals surface area contributed by atoms with Crippen molar-refractivity contribution in [3.63, 3.8) is 0 Å². The van der Waals surface area contributed by atoms with Gasteiger partial charge in [0.25, 0.3) is 0 Å². The number of halogens is 3. The van der Waals surface area contributed by atoms with Crippen molar-refractivity contribution in [2.45, 2.75) is 6.10 Å². The number of aliphatic hydroxyl groups is 1. The maximum atomic E-state index is 13.3. The summed E-state index contributed by atoms with van der Waals surface area (Å²) in [6.07, 6.45) is -1.11. The maximum Gasteiger partial charge on any atom is 0.179 e. The lowest BCUT2D eigenvalue weighted by atomic mass is 10.0. The highest BCUT2D eigenvalue weighted by Crippen LogP contribution is 2.41. The molecule has 1 atom stereocenters. The van der Waals surface area contributed by atoms with E-state index in [1.807, 2.05) is 0 Å². The lowest BCUT2D eigenvalue weighted by Gasteiger charge is -2.22. The van der Waals surface area contributed by atoms with Crippen LogP contribution in [-0.2, 0) is 0 Å². The van der Waals surface area contributed by atoms with Crippen LogP contribution in [0.3, 0.4) is 0 Å². The summed E-state index contributed by atoms with van der Waals surface area (Å²) in [7, 11) is 0. The summed E-state index contributed by atoms with van der Waals surface area (Å²) in [5.74, 6) is 0.427. The number of hydrogen-bond acceptors (Lipinski definition) is 3. The quantitative estimate of drug-likeness (QED) is 0.906. The first kappa shape index (κ1) is 14.4. The molecule has 0 fully saturated rings. The minimum Gasteiger partial charge on any atom is -0.486 e. The number of hydrogen-bond donors (Lipinski definition) is 1. The average Bonchev–Trinajstić information content (AvgIpc) is 2.49. The van der Waals surface area contributed by atoms with Crippen molar-refractivity contribution >= 4 is 23.2 Å². The molecule has 0 saturated heterocycles. The molecule has 1 N–H and O–H groups in total. The van der Waals surface area contributed by atoms with Crippen LogP contribution >= 0.6 is 23.2 Å². The Morgan fingerprint density at radius 1 is 1.05 bits per heavy atom. The number of benzene rings is 2. The molecule has 1 aliphatic heterocycles. The lowest BCUT2D eigenvalue weighted by Crippen LogP contribution is -2.16. The molecule has 1 heterocycles. The predicted molar refractivity (Wildman–Crippen MR) is 77.9 cm³/mol. The van der Waals surface area contributed by atoms with Crippen LogP contribution in [0, 0.1) is 5.82 Å². The molecule has 21 heavy (non-hydrogen) atoms. The lowest BCUT2D eigenvalue weighted by molar-refractivity contribution is 0.170. The van der Waals surface area contributed by atoms with E-state index in [1.54, 1.807) is 12.1 Å². The van der Waals surface area contributed by atoms with E-state index >= 15 is 0 Å². The second-order valence-corrected chi connectivity index (χ2v) is 5.41. The topological polar surface area (TPSA) is 38.7 Å². The van der Waals surface area contributed by atoms with E-state index in [9.17, 15) is 9.50 Å². The van der Waals surface area contributed by atoms with Crippen LogP contribution in [-0.4, -0.2) is 18.3 Å². The normalized spacial score (nSPS) is 14.9. The average molecular weight is 329 g/mol. The van der Waals surface area contributed by atoms with Crippen LogP contribution in [0.4, 0.5) is 4.39 Å². The Labute approximate surface area is 130 Å². The van der Waals surface area contributed by atoms with Crippen molar-refractivity contribution in [1.82, 2.24) is 0 Å². The fourth-order valence-corrected chi connectivity index (χ4v) is 2.69. The molecule has 0 radical (unpaired) electrons.